The van der Waals surface area contributed by atoms with Crippen molar-refractivity contribution >= 4 is 10.0 Å². The van der Waals surface area contributed by atoms with E-state index in [-0.39, 0.29) is 18.2 Å². The standard InChI is InChI=1S/C14H24N4O4S/c1-11-16-13(22-17-11)9-14(19)5-2-8-18(10-14)23(20,21)12-3-6-15-7-4-12/h12,15,19H,2-10H2,1H3. The average molecular weight is 344 g/mol. The summed E-state index contributed by atoms with van der Waals surface area (Å²) in [6.07, 6.45) is 2.60. The summed E-state index contributed by atoms with van der Waals surface area (Å²) < 4.78 is 32.2. The number of nitrogens with zero attached hydrogens (tertiary/aromatic N) is 3. The lowest BCUT2D eigenvalue weighted by Crippen LogP contribution is -2.54. The monoisotopic (exact) mass is 344 g/mol. The van der Waals surface area contributed by atoms with Crippen LogP contribution in [0.4, 0.5) is 0 Å². The normalized spacial score (nSPS) is 28.1. The Kier molecular flexibility index (Phi) is 4.73. The van der Waals surface area contributed by atoms with Gasteiger partial charge >= 0.3 is 0 Å². The van der Waals surface area contributed by atoms with E-state index in [1.165, 1.54) is 4.31 Å². The minimum atomic E-state index is -3.38. The molecule has 2 fully saturated rings. The van der Waals surface area contributed by atoms with Crippen LogP contribution in [0.25, 0.3) is 0 Å². The number of β-amino-alcohol motifs (C(OH)–C–C–N with tert-alkyl or cyclic N) is 1. The number of aliphatic hydroxyl groups is 1. The summed E-state index contributed by atoms with van der Waals surface area (Å²) in [5.74, 6) is 0.865. The molecule has 130 valence electrons. The van der Waals surface area contributed by atoms with E-state index in [1.54, 1.807) is 6.92 Å². The van der Waals surface area contributed by atoms with Crippen molar-refractivity contribution in [2.75, 3.05) is 26.2 Å². The minimum Gasteiger partial charge on any atom is -0.388 e. The molecule has 0 bridgehead atoms. The Labute approximate surface area is 136 Å². The van der Waals surface area contributed by atoms with Crippen LogP contribution in [-0.2, 0) is 16.4 Å². The van der Waals surface area contributed by atoms with E-state index in [9.17, 15) is 13.5 Å². The van der Waals surface area contributed by atoms with Crippen LogP contribution in [0.3, 0.4) is 0 Å². The zero-order valence-corrected chi connectivity index (χ0v) is 14.2. The van der Waals surface area contributed by atoms with E-state index >= 15 is 0 Å². The van der Waals surface area contributed by atoms with Crippen LogP contribution in [0.2, 0.25) is 0 Å². The van der Waals surface area contributed by atoms with Crippen LogP contribution >= 0.6 is 0 Å². The molecule has 0 aliphatic carbocycles. The molecule has 1 aromatic rings. The highest BCUT2D eigenvalue weighted by Crippen LogP contribution is 2.29. The Balaban J connectivity index is 1.71. The largest absolute Gasteiger partial charge is 0.388 e. The maximum absolute atomic E-state index is 12.8. The molecule has 0 amide bonds. The fraction of sp³-hybridized carbons (Fsp3) is 0.857. The van der Waals surface area contributed by atoms with Crippen molar-refractivity contribution in [3.8, 4) is 0 Å². The predicted molar refractivity (Wildman–Crippen MR) is 83.3 cm³/mol. The Hall–Kier alpha value is -1.03. The first-order valence-electron chi connectivity index (χ1n) is 8.10. The molecule has 2 saturated heterocycles. The van der Waals surface area contributed by atoms with Crippen LogP contribution in [0.1, 0.15) is 37.4 Å². The second-order valence-electron chi connectivity index (χ2n) is 6.57. The van der Waals surface area contributed by atoms with Gasteiger partial charge in [0.1, 0.15) is 0 Å². The molecule has 1 aromatic heterocycles. The number of hydrogen-bond donors (Lipinski definition) is 2. The van der Waals surface area contributed by atoms with E-state index in [4.69, 9.17) is 4.52 Å². The van der Waals surface area contributed by atoms with Gasteiger partial charge in [-0.05, 0) is 45.7 Å². The molecule has 0 radical (unpaired) electrons. The van der Waals surface area contributed by atoms with Crippen molar-refractivity contribution < 1.29 is 18.0 Å². The molecule has 0 aromatic carbocycles. The number of aryl methyl sites for hydroxylation is 1. The molecule has 1 atom stereocenters. The van der Waals surface area contributed by atoms with Crippen molar-refractivity contribution in [2.45, 2.75) is 49.9 Å². The topological polar surface area (TPSA) is 109 Å². The SMILES string of the molecule is Cc1noc(CC2(O)CCCN(S(=O)(=O)C3CCNCC3)C2)n1. The van der Waals surface area contributed by atoms with Gasteiger partial charge in [0, 0.05) is 13.1 Å². The summed E-state index contributed by atoms with van der Waals surface area (Å²) in [7, 11) is -3.38. The van der Waals surface area contributed by atoms with Crippen LogP contribution < -0.4 is 5.32 Å². The summed E-state index contributed by atoms with van der Waals surface area (Å²) in [6, 6.07) is 0. The van der Waals surface area contributed by atoms with Crippen molar-refractivity contribution in [1.82, 2.24) is 19.8 Å². The second kappa shape index (κ2) is 6.46. The molecule has 8 nitrogen and oxygen atoms in total. The summed E-state index contributed by atoms with van der Waals surface area (Å²) >= 11 is 0. The van der Waals surface area contributed by atoms with Gasteiger partial charge in [-0.15, -0.1) is 0 Å². The molecule has 2 N–H and O–H groups in total. The van der Waals surface area contributed by atoms with E-state index in [0.29, 0.717) is 43.9 Å². The molecule has 0 saturated carbocycles. The zero-order chi connectivity index (χ0) is 16.5. The van der Waals surface area contributed by atoms with Crippen LogP contribution in [-0.4, -0.2) is 65.0 Å². The first kappa shape index (κ1) is 16.8. The molecular weight excluding hydrogens is 320 g/mol. The van der Waals surface area contributed by atoms with Gasteiger partial charge in [-0.25, -0.2) is 8.42 Å². The van der Waals surface area contributed by atoms with Crippen molar-refractivity contribution in [3.63, 3.8) is 0 Å². The third-order valence-corrected chi connectivity index (χ3v) is 6.98. The summed E-state index contributed by atoms with van der Waals surface area (Å²) in [5.41, 5.74) is -1.14. The van der Waals surface area contributed by atoms with Gasteiger partial charge in [-0.2, -0.15) is 9.29 Å². The Morgan fingerprint density at radius 3 is 2.83 bits per heavy atom. The third-order valence-electron chi connectivity index (χ3n) is 4.64. The number of sulfonamides is 1. The highest BCUT2D eigenvalue weighted by atomic mass is 32.2. The third kappa shape index (κ3) is 3.73. The van der Waals surface area contributed by atoms with Crippen LogP contribution in [0, 0.1) is 6.92 Å². The zero-order valence-electron chi connectivity index (χ0n) is 13.4. The van der Waals surface area contributed by atoms with Crippen molar-refractivity contribution in [1.29, 1.82) is 0 Å². The Bertz CT molecular complexity index is 641. The smallest absolute Gasteiger partial charge is 0.229 e. The Morgan fingerprint density at radius 1 is 1.43 bits per heavy atom. The van der Waals surface area contributed by atoms with Crippen molar-refractivity contribution in [2.24, 2.45) is 0 Å². The van der Waals surface area contributed by atoms with E-state index in [1.807, 2.05) is 0 Å². The summed E-state index contributed by atoms with van der Waals surface area (Å²) in [5, 5.41) is 17.4. The van der Waals surface area contributed by atoms with Gasteiger partial charge in [0.25, 0.3) is 0 Å². The highest BCUT2D eigenvalue weighted by molar-refractivity contribution is 7.89. The average Bonchev–Trinajstić information content (AvgIpc) is 2.92. The fourth-order valence-electron chi connectivity index (χ4n) is 3.43. The molecule has 9 heteroatoms. The lowest BCUT2D eigenvalue weighted by molar-refractivity contribution is -0.0132. The van der Waals surface area contributed by atoms with Gasteiger partial charge in [0.2, 0.25) is 15.9 Å². The predicted octanol–water partition coefficient (Wildman–Crippen LogP) is -0.171. The lowest BCUT2D eigenvalue weighted by atomic mass is 9.91. The minimum absolute atomic E-state index is 0.0979. The summed E-state index contributed by atoms with van der Waals surface area (Å²) in [6.45, 7) is 3.73. The van der Waals surface area contributed by atoms with E-state index < -0.39 is 15.6 Å². The van der Waals surface area contributed by atoms with Crippen LogP contribution in [0.15, 0.2) is 4.52 Å². The molecule has 0 spiro atoms. The highest BCUT2D eigenvalue weighted by Gasteiger charge is 2.42. The molecule has 3 rings (SSSR count). The second-order valence-corrected chi connectivity index (χ2v) is 8.78. The van der Waals surface area contributed by atoms with Gasteiger partial charge in [0.15, 0.2) is 5.82 Å². The van der Waals surface area contributed by atoms with Gasteiger partial charge in [-0.3, -0.25) is 0 Å². The number of nitrogens with one attached hydrogen (secondary N) is 1. The number of piperidine rings is 2. The van der Waals surface area contributed by atoms with Gasteiger partial charge in [0.05, 0.1) is 17.3 Å². The molecule has 3 heterocycles. The fourth-order valence-corrected chi connectivity index (χ4v) is 5.49. The molecular formula is C14H24N4O4S. The Morgan fingerprint density at radius 2 is 2.17 bits per heavy atom. The molecule has 1 unspecified atom stereocenters. The number of rotatable bonds is 4. The van der Waals surface area contributed by atoms with E-state index in [0.717, 1.165) is 13.1 Å². The van der Waals surface area contributed by atoms with Gasteiger partial charge in [-0.1, -0.05) is 5.16 Å². The molecule has 2 aliphatic rings. The van der Waals surface area contributed by atoms with Crippen LogP contribution in [0.5, 0.6) is 0 Å². The first-order chi connectivity index (χ1) is 10.9. The maximum atomic E-state index is 12.8. The first-order valence-corrected chi connectivity index (χ1v) is 9.61. The quantitative estimate of drug-likeness (QED) is 0.780. The maximum Gasteiger partial charge on any atom is 0.229 e. The van der Waals surface area contributed by atoms with Crippen molar-refractivity contribution in [3.05, 3.63) is 11.7 Å². The molecule has 2 aliphatic heterocycles. The number of hydrogen-bond acceptors (Lipinski definition) is 7. The summed E-state index contributed by atoms with van der Waals surface area (Å²) in [4.78, 5) is 4.11. The van der Waals surface area contributed by atoms with Gasteiger partial charge < -0.3 is 14.9 Å². The number of aromatic nitrogens is 2. The molecule has 23 heavy (non-hydrogen) atoms. The van der Waals surface area contributed by atoms with E-state index in [2.05, 4.69) is 15.5 Å². The lowest BCUT2D eigenvalue weighted by Gasteiger charge is -2.39.